The monoisotopic (exact) mass is 171 g/mol. The first-order valence-electron chi connectivity index (χ1n) is 3.41. The minimum absolute atomic E-state index is 0.0694. The molecule has 3 amide bonds. The fraction of sp³-hybridized carbons (Fsp3) is 0.500. The normalized spacial score (nSPS) is 21.8. The van der Waals surface area contributed by atoms with Gasteiger partial charge in [0.25, 0.3) is 5.91 Å². The minimum Gasteiger partial charge on any atom is -0.550 e. The van der Waals surface area contributed by atoms with Crippen LogP contribution in [0.1, 0.15) is 12.8 Å². The van der Waals surface area contributed by atoms with Gasteiger partial charge in [0.2, 0.25) is 0 Å². The highest BCUT2D eigenvalue weighted by Gasteiger charge is 2.28. The molecule has 0 unspecified atom stereocenters. The zero-order valence-electron chi connectivity index (χ0n) is 6.12. The van der Waals surface area contributed by atoms with Crippen molar-refractivity contribution in [3.05, 3.63) is 0 Å². The Morgan fingerprint density at radius 3 is 2.58 bits per heavy atom. The number of nitrogens with one attached hydrogen (secondary N) is 2. The van der Waals surface area contributed by atoms with Crippen molar-refractivity contribution in [2.75, 3.05) is 0 Å². The molecule has 0 saturated carbocycles. The molecular weight excluding hydrogens is 164 g/mol. The minimum atomic E-state index is -1.23. The maximum absolute atomic E-state index is 10.8. The summed E-state index contributed by atoms with van der Waals surface area (Å²) in [4.78, 5) is 31.3. The van der Waals surface area contributed by atoms with Crippen LogP contribution in [-0.4, -0.2) is 23.9 Å². The predicted molar refractivity (Wildman–Crippen MR) is 34.7 cm³/mol. The number of carbonyl (C=O) groups excluding carboxylic acids is 3. The number of hydrogen-bond donors (Lipinski definition) is 2. The lowest BCUT2D eigenvalue weighted by molar-refractivity contribution is -0.305. The second-order valence-electron chi connectivity index (χ2n) is 2.43. The van der Waals surface area contributed by atoms with Crippen LogP contribution in [0.2, 0.25) is 0 Å². The number of carboxylic acids is 1. The molecule has 1 fully saturated rings. The Kier molecular flexibility index (Phi) is 2.27. The molecule has 0 aromatic rings. The standard InChI is InChI=1S/C6H8N2O4/c9-4(10)2-1-3-5(11)8-6(12)7-3/h3H,1-2H2,(H,9,10)(H2,7,8,11,12)/p-1/t3-/m1/s1. The summed E-state index contributed by atoms with van der Waals surface area (Å²) in [6, 6.07) is -1.31. The largest absolute Gasteiger partial charge is 0.550 e. The van der Waals surface area contributed by atoms with Crippen LogP contribution in [0.15, 0.2) is 0 Å². The van der Waals surface area contributed by atoms with Crippen LogP contribution in [-0.2, 0) is 9.59 Å². The summed E-state index contributed by atoms with van der Waals surface area (Å²) in [6.07, 6.45) is -0.168. The third kappa shape index (κ3) is 1.94. The molecule has 0 radical (unpaired) electrons. The topological polar surface area (TPSA) is 98.3 Å². The van der Waals surface area contributed by atoms with Crippen LogP contribution in [0.4, 0.5) is 4.79 Å². The van der Waals surface area contributed by atoms with Crippen LogP contribution in [0.3, 0.4) is 0 Å². The Bertz CT molecular complexity index is 238. The molecule has 6 nitrogen and oxygen atoms in total. The lowest BCUT2D eigenvalue weighted by Gasteiger charge is -2.06. The van der Waals surface area contributed by atoms with Gasteiger partial charge in [-0.3, -0.25) is 10.1 Å². The third-order valence-electron chi connectivity index (χ3n) is 1.50. The van der Waals surface area contributed by atoms with Gasteiger partial charge in [-0.15, -0.1) is 0 Å². The molecule has 1 heterocycles. The molecule has 1 atom stereocenters. The number of hydrogen-bond acceptors (Lipinski definition) is 4. The van der Waals surface area contributed by atoms with Crippen molar-refractivity contribution < 1.29 is 19.5 Å². The fourth-order valence-electron chi connectivity index (χ4n) is 0.924. The van der Waals surface area contributed by atoms with Gasteiger partial charge in [0.15, 0.2) is 0 Å². The highest BCUT2D eigenvalue weighted by Crippen LogP contribution is 2.01. The van der Waals surface area contributed by atoms with E-state index in [0.29, 0.717) is 0 Å². The van der Waals surface area contributed by atoms with Gasteiger partial charge in [-0.05, 0) is 12.8 Å². The number of rotatable bonds is 3. The Morgan fingerprint density at radius 1 is 1.50 bits per heavy atom. The lowest BCUT2D eigenvalue weighted by atomic mass is 10.1. The van der Waals surface area contributed by atoms with Gasteiger partial charge in [-0.1, -0.05) is 0 Å². The number of urea groups is 1. The van der Waals surface area contributed by atoms with Crippen molar-refractivity contribution in [3.8, 4) is 0 Å². The molecule has 0 aliphatic carbocycles. The van der Waals surface area contributed by atoms with Crippen molar-refractivity contribution >= 4 is 17.9 Å². The van der Waals surface area contributed by atoms with Crippen LogP contribution in [0.5, 0.6) is 0 Å². The molecule has 6 heteroatoms. The van der Waals surface area contributed by atoms with Crippen molar-refractivity contribution in [2.24, 2.45) is 0 Å². The highest BCUT2D eigenvalue weighted by atomic mass is 16.4. The highest BCUT2D eigenvalue weighted by molar-refractivity contribution is 6.04. The molecular formula is C6H7N2O4-. The van der Waals surface area contributed by atoms with Crippen LogP contribution in [0, 0.1) is 0 Å². The van der Waals surface area contributed by atoms with Crippen molar-refractivity contribution in [1.82, 2.24) is 10.6 Å². The molecule has 2 N–H and O–H groups in total. The zero-order chi connectivity index (χ0) is 9.14. The molecule has 0 bridgehead atoms. The Morgan fingerprint density at radius 2 is 2.17 bits per heavy atom. The van der Waals surface area contributed by atoms with Crippen LogP contribution < -0.4 is 15.7 Å². The molecule has 1 saturated heterocycles. The van der Waals surface area contributed by atoms with Crippen molar-refractivity contribution in [1.29, 1.82) is 0 Å². The Balaban J connectivity index is 2.38. The van der Waals surface area contributed by atoms with E-state index in [4.69, 9.17) is 0 Å². The summed E-state index contributed by atoms with van der Waals surface area (Å²) in [5.41, 5.74) is 0. The van der Waals surface area contributed by atoms with Crippen molar-refractivity contribution in [3.63, 3.8) is 0 Å². The molecule has 1 aliphatic heterocycles. The molecule has 0 spiro atoms. The number of amides is 3. The summed E-state index contributed by atoms with van der Waals surface area (Å²) in [6.45, 7) is 0. The maximum atomic E-state index is 10.8. The van der Waals surface area contributed by atoms with Gasteiger partial charge in [0.1, 0.15) is 6.04 Å². The van der Waals surface area contributed by atoms with E-state index in [1.165, 1.54) is 0 Å². The van der Waals surface area contributed by atoms with Gasteiger partial charge < -0.3 is 15.2 Å². The first-order valence-corrected chi connectivity index (χ1v) is 3.41. The SMILES string of the molecule is O=C([O-])CC[C@H]1NC(=O)NC1=O. The lowest BCUT2D eigenvalue weighted by Crippen LogP contribution is -2.32. The molecule has 0 aromatic carbocycles. The van der Waals surface area contributed by atoms with Gasteiger partial charge in [0.05, 0.1) is 0 Å². The second kappa shape index (κ2) is 3.21. The molecule has 1 aliphatic rings. The smallest absolute Gasteiger partial charge is 0.322 e. The van der Waals surface area contributed by atoms with Crippen LogP contribution in [0.25, 0.3) is 0 Å². The van der Waals surface area contributed by atoms with E-state index in [1.54, 1.807) is 0 Å². The summed E-state index contributed by atoms with van der Waals surface area (Å²) in [7, 11) is 0. The number of aliphatic carboxylic acids is 1. The summed E-state index contributed by atoms with van der Waals surface area (Å²) < 4.78 is 0. The number of carboxylic acid groups (broad SMARTS) is 1. The molecule has 66 valence electrons. The molecule has 12 heavy (non-hydrogen) atoms. The number of imide groups is 1. The van der Waals surface area contributed by atoms with E-state index < -0.39 is 23.9 Å². The average Bonchev–Trinajstić information content (AvgIpc) is 2.26. The van der Waals surface area contributed by atoms with Gasteiger partial charge >= 0.3 is 6.03 Å². The zero-order valence-corrected chi connectivity index (χ0v) is 6.12. The van der Waals surface area contributed by atoms with E-state index in [2.05, 4.69) is 5.32 Å². The number of carbonyl (C=O) groups is 3. The van der Waals surface area contributed by atoms with E-state index in [9.17, 15) is 19.5 Å². The average molecular weight is 171 g/mol. The predicted octanol–water partition coefficient (Wildman–Crippen LogP) is -2.28. The molecule has 0 aromatic heterocycles. The molecule has 1 rings (SSSR count). The van der Waals surface area contributed by atoms with Crippen molar-refractivity contribution in [2.45, 2.75) is 18.9 Å². The summed E-state index contributed by atoms with van der Waals surface area (Å²) in [5.74, 6) is -1.72. The second-order valence-corrected chi connectivity index (χ2v) is 2.43. The van der Waals surface area contributed by atoms with E-state index in [1.807, 2.05) is 5.32 Å². The third-order valence-corrected chi connectivity index (χ3v) is 1.50. The Hall–Kier alpha value is -1.59. The van der Waals surface area contributed by atoms with E-state index in [0.717, 1.165) is 0 Å². The van der Waals surface area contributed by atoms with E-state index in [-0.39, 0.29) is 12.8 Å². The van der Waals surface area contributed by atoms with Gasteiger partial charge in [0, 0.05) is 5.97 Å². The van der Waals surface area contributed by atoms with E-state index >= 15 is 0 Å². The maximum Gasteiger partial charge on any atom is 0.322 e. The van der Waals surface area contributed by atoms with Gasteiger partial charge in [-0.2, -0.15) is 0 Å². The first-order chi connectivity index (χ1) is 5.59. The quantitative estimate of drug-likeness (QED) is 0.467. The first kappa shape index (κ1) is 8.51. The summed E-state index contributed by atoms with van der Waals surface area (Å²) >= 11 is 0. The Labute approximate surface area is 67.9 Å². The fourth-order valence-corrected chi connectivity index (χ4v) is 0.924. The summed E-state index contributed by atoms with van der Waals surface area (Å²) in [5, 5.41) is 14.2. The van der Waals surface area contributed by atoms with Crippen LogP contribution >= 0.6 is 0 Å². The van der Waals surface area contributed by atoms with Gasteiger partial charge in [-0.25, -0.2) is 4.79 Å².